The smallest absolute Gasteiger partial charge is 0.387 e. The van der Waals surface area contributed by atoms with Gasteiger partial charge in [-0.15, -0.1) is 24.0 Å². The lowest BCUT2D eigenvalue weighted by atomic mass is 10.1. The van der Waals surface area contributed by atoms with E-state index in [0.29, 0.717) is 18.8 Å². The van der Waals surface area contributed by atoms with Crippen LogP contribution >= 0.6 is 24.0 Å². The Balaban J connectivity index is 0.00000385. The van der Waals surface area contributed by atoms with Crippen molar-refractivity contribution in [3.05, 3.63) is 59.7 Å². The number of para-hydroxylation sites is 2. The number of anilines is 1. The van der Waals surface area contributed by atoms with Crippen LogP contribution < -0.4 is 20.3 Å². The molecule has 2 aromatic rings. The van der Waals surface area contributed by atoms with Crippen molar-refractivity contribution in [3.63, 3.8) is 0 Å². The van der Waals surface area contributed by atoms with Crippen molar-refractivity contribution in [2.45, 2.75) is 39.1 Å². The summed E-state index contributed by atoms with van der Waals surface area (Å²) < 4.78 is 30.2. The average Bonchev–Trinajstić information content (AvgIpc) is 3.21. The molecule has 6 nitrogen and oxygen atoms in total. The number of benzene rings is 2. The zero-order valence-electron chi connectivity index (χ0n) is 19.4. The monoisotopic (exact) mass is 573 g/mol. The number of ether oxygens (including phenoxy) is 1. The van der Waals surface area contributed by atoms with Gasteiger partial charge >= 0.3 is 6.61 Å². The van der Waals surface area contributed by atoms with Gasteiger partial charge in [0.2, 0.25) is 0 Å². The van der Waals surface area contributed by atoms with Crippen molar-refractivity contribution in [2.24, 2.45) is 4.99 Å². The molecule has 1 atom stereocenters. The van der Waals surface area contributed by atoms with Crippen LogP contribution in [0.4, 0.5) is 14.5 Å². The van der Waals surface area contributed by atoms with Crippen LogP contribution in [0.1, 0.15) is 24.5 Å². The third kappa shape index (κ3) is 8.62. The standard InChI is InChI=1S/C24H33F2N5O.HI/c1-4-27-24(28-15-18-9-11-19(12-10-18)16-30(2)3)29-20-13-14-31(17-20)21-7-5-6-8-22(21)32-23(25)26;/h5-12,20,23H,4,13-17H2,1-3H3,(H2,27,28,29);1H. The number of halogens is 3. The maximum atomic E-state index is 12.7. The van der Waals surface area contributed by atoms with Gasteiger partial charge in [0.15, 0.2) is 5.96 Å². The average molecular weight is 573 g/mol. The quantitative estimate of drug-likeness (QED) is 0.266. The number of aliphatic imine (C=N–C) groups is 1. The molecule has 0 bridgehead atoms. The first kappa shape index (κ1) is 27.1. The summed E-state index contributed by atoms with van der Waals surface area (Å²) in [5.74, 6) is 0.968. The van der Waals surface area contributed by atoms with E-state index in [2.05, 4.69) is 58.8 Å². The second-order valence-electron chi connectivity index (χ2n) is 8.17. The van der Waals surface area contributed by atoms with E-state index in [4.69, 9.17) is 9.73 Å². The molecule has 3 rings (SSSR count). The van der Waals surface area contributed by atoms with Crippen LogP contribution in [0.15, 0.2) is 53.5 Å². The van der Waals surface area contributed by atoms with E-state index in [9.17, 15) is 8.78 Å². The number of nitrogens with zero attached hydrogens (tertiary/aromatic N) is 3. The summed E-state index contributed by atoms with van der Waals surface area (Å²) in [7, 11) is 4.11. The van der Waals surface area contributed by atoms with E-state index in [1.165, 1.54) is 5.56 Å². The van der Waals surface area contributed by atoms with Crippen LogP contribution in [-0.4, -0.2) is 57.2 Å². The van der Waals surface area contributed by atoms with E-state index < -0.39 is 6.61 Å². The number of guanidine groups is 1. The zero-order valence-corrected chi connectivity index (χ0v) is 21.8. The highest BCUT2D eigenvalue weighted by Gasteiger charge is 2.26. The van der Waals surface area contributed by atoms with Crippen LogP contribution in [0.5, 0.6) is 5.75 Å². The van der Waals surface area contributed by atoms with Gasteiger partial charge in [0.25, 0.3) is 0 Å². The van der Waals surface area contributed by atoms with Crippen molar-refractivity contribution >= 4 is 35.6 Å². The molecule has 1 unspecified atom stereocenters. The van der Waals surface area contributed by atoms with E-state index in [0.717, 1.165) is 37.6 Å². The number of hydrogen-bond donors (Lipinski definition) is 2. The van der Waals surface area contributed by atoms with Gasteiger partial charge in [-0.25, -0.2) is 4.99 Å². The maximum Gasteiger partial charge on any atom is 0.387 e. The predicted octanol–water partition coefficient (Wildman–Crippen LogP) is 4.30. The van der Waals surface area contributed by atoms with Crippen molar-refractivity contribution in [2.75, 3.05) is 38.6 Å². The first-order valence-corrected chi connectivity index (χ1v) is 11.0. The fraction of sp³-hybridized carbons (Fsp3) is 0.458. The molecule has 0 amide bonds. The Labute approximate surface area is 212 Å². The van der Waals surface area contributed by atoms with Crippen molar-refractivity contribution in [3.8, 4) is 5.75 Å². The minimum atomic E-state index is -2.84. The molecule has 0 radical (unpaired) electrons. The topological polar surface area (TPSA) is 52.1 Å². The largest absolute Gasteiger partial charge is 0.433 e. The Morgan fingerprint density at radius 1 is 1.15 bits per heavy atom. The van der Waals surface area contributed by atoms with Gasteiger partial charge < -0.3 is 25.2 Å². The molecule has 1 aliphatic rings. The molecule has 1 saturated heterocycles. The van der Waals surface area contributed by atoms with Crippen LogP contribution in [0.2, 0.25) is 0 Å². The van der Waals surface area contributed by atoms with Gasteiger partial charge in [-0.2, -0.15) is 8.78 Å². The van der Waals surface area contributed by atoms with Crippen molar-refractivity contribution < 1.29 is 13.5 Å². The zero-order chi connectivity index (χ0) is 22.9. The first-order chi connectivity index (χ1) is 15.4. The molecule has 2 N–H and O–H groups in total. The molecule has 1 heterocycles. The summed E-state index contributed by atoms with van der Waals surface area (Å²) in [6.07, 6.45) is 0.882. The van der Waals surface area contributed by atoms with Crippen LogP contribution in [-0.2, 0) is 13.1 Å². The Bertz CT molecular complexity index is 879. The maximum absolute atomic E-state index is 12.7. The van der Waals surface area contributed by atoms with E-state index in [-0.39, 0.29) is 35.8 Å². The number of nitrogens with one attached hydrogen (secondary N) is 2. The Kier molecular flexibility index (Phi) is 11.1. The molecule has 0 aliphatic carbocycles. The molecule has 1 fully saturated rings. The lowest BCUT2D eigenvalue weighted by Gasteiger charge is -2.22. The number of hydrogen-bond acceptors (Lipinski definition) is 4. The molecular weight excluding hydrogens is 539 g/mol. The molecule has 182 valence electrons. The normalized spacial score (nSPS) is 16.2. The molecule has 0 spiro atoms. The number of rotatable bonds is 9. The van der Waals surface area contributed by atoms with Gasteiger partial charge in [-0.3, -0.25) is 0 Å². The predicted molar refractivity (Wildman–Crippen MR) is 141 cm³/mol. The molecular formula is C24H34F2IN5O. The summed E-state index contributed by atoms with van der Waals surface area (Å²) in [4.78, 5) is 8.95. The van der Waals surface area contributed by atoms with Crippen LogP contribution in [0, 0.1) is 0 Å². The minimum absolute atomic E-state index is 0. The van der Waals surface area contributed by atoms with Gasteiger partial charge in [0.05, 0.1) is 12.2 Å². The van der Waals surface area contributed by atoms with Crippen LogP contribution in [0.25, 0.3) is 0 Å². The Morgan fingerprint density at radius 2 is 1.85 bits per heavy atom. The van der Waals surface area contributed by atoms with Gasteiger partial charge in [-0.05, 0) is 50.7 Å². The molecule has 0 aromatic heterocycles. The highest BCUT2D eigenvalue weighted by molar-refractivity contribution is 14.0. The Morgan fingerprint density at radius 3 is 2.52 bits per heavy atom. The fourth-order valence-electron chi connectivity index (χ4n) is 3.81. The second-order valence-corrected chi connectivity index (χ2v) is 8.17. The molecule has 1 aliphatic heterocycles. The van der Waals surface area contributed by atoms with E-state index >= 15 is 0 Å². The Hall–Kier alpha value is -2.14. The molecule has 33 heavy (non-hydrogen) atoms. The van der Waals surface area contributed by atoms with E-state index in [1.807, 2.05) is 19.1 Å². The first-order valence-electron chi connectivity index (χ1n) is 11.0. The third-order valence-electron chi connectivity index (χ3n) is 5.24. The molecule has 2 aromatic carbocycles. The van der Waals surface area contributed by atoms with E-state index in [1.54, 1.807) is 12.1 Å². The van der Waals surface area contributed by atoms with Crippen LogP contribution in [0.3, 0.4) is 0 Å². The third-order valence-corrected chi connectivity index (χ3v) is 5.24. The lowest BCUT2D eigenvalue weighted by Crippen LogP contribution is -2.44. The summed E-state index contributed by atoms with van der Waals surface area (Å²) in [5.41, 5.74) is 3.11. The highest BCUT2D eigenvalue weighted by atomic mass is 127. The summed E-state index contributed by atoms with van der Waals surface area (Å²) in [6, 6.07) is 15.6. The molecule has 9 heteroatoms. The summed E-state index contributed by atoms with van der Waals surface area (Å²) >= 11 is 0. The second kappa shape index (κ2) is 13.5. The van der Waals surface area contributed by atoms with Gasteiger partial charge in [0.1, 0.15) is 5.75 Å². The van der Waals surface area contributed by atoms with Crippen molar-refractivity contribution in [1.82, 2.24) is 15.5 Å². The van der Waals surface area contributed by atoms with Crippen molar-refractivity contribution in [1.29, 1.82) is 0 Å². The summed E-state index contributed by atoms with van der Waals surface area (Å²) in [6.45, 7) is 2.90. The SMILES string of the molecule is CCNC(=NCc1ccc(CN(C)C)cc1)NC1CCN(c2ccccc2OC(F)F)C1.I. The lowest BCUT2D eigenvalue weighted by molar-refractivity contribution is -0.0495. The van der Waals surface area contributed by atoms with Gasteiger partial charge in [0, 0.05) is 32.2 Å². The highest BCUT2D eigenvalue weighted by Crippen LogP contribution is 2.31. The van der Waals surface area contributed by atoms with Gasteiger partial charge in [-0.1, -0.05) is 36.4 Å². The summed E-state index contributed by atoms with van der Waals surface area (Å²) in [5, 5.41) is 6.79. The fourth-order valence-corrected chi connectivity index (χ4v) is 3.81. The number of alkyl halides is 2. The molecule has 0 saturated carbocycles. The minimum Gasteiger partial charge on any atom is -0.433 e.